The van der Waals surface area contributed by atoms with E-state index in [2.05, 4.69) is 6.92 Å². The van der Waals surface area contributed by atoms with Crippen LogP contribution in [0.3, 0.4) is 0 Å². The van der Waals surface area contributed by atoms with E-state index in [9.17, 15) is 14.7 Å². The van der Waals surface area contributed by atoms with Crippen LogP contribution >= 0.6 is 0 Å². The van der Waals surface area contributed by atoms with E-state index in [0.29, 0.717) is 53.7 Å². The molecular weight excluding hydrogens is 488 g/mol. The molecule has 9 heteroatoms. The summed E-state index contributed by atoms with van der Waals surface area (Å²) in [5.74, 6) is 0.0485. The third kappa shape index (κ3) is 6.22. The second-order valence-corrected chi connectivity index (χ2v) is 9.34. The molecular formula is C29H38N2O7. The van der Waals surface area contributed by atoms with Crippen molar-refractivity contribution in [3.8, 4) is 23.0 Å². The number of nitrogens with zero attached hydrogens (tertiary/aromatic N) is 2. The molecule has 0 aromatic heterocycles. The molecule has 3 rings (SSSR count). The van der Waals surface area contributed by atoms with Gasteiger partial charge in [0, 0.05) is 12.1 Å². The largest absolute Gasteiger partial charge is 0.507 e. The van der Waals surface area contributed by atoms with E-state index < -0.39 is 17.7 Å². The Kier molecular flexibility index (Phi) is 10.0. The molecule has 2 aromatic carbocycles. The quantitative estimate of drug-likeness (QED) is 0.179. The summed E-state index contributed by atoms with van der Waals surface area (Å²) in [6, 6.07) is 9.46. The van der Waals surface area contributed by atoms with Gasteiger partial charge in [-0.05, 0) is 63.3 Å². The summed E-state index contributed by atoms with van der Waals surface area (Å²) in [4.78, 5) is 30.2. The third-order valence-electron chi connectivity index (χ3n) is 6.42. The summed E-state index contributed by atoms with van der Waals surface area (Å²) in [7, 11) is 8.39. The van der Waals surface area contributed by atoms with Crippen LogP contribution in [0.15, 0.2) is 42.0 Å². The van der Waals surface area contributed by atoms with E-state index in [0.717, 1.165) is 19.4 Å². The van der Waals surface area contributed by atoms with Crippen molar-refractivity contribution >= 4 is 17.4 Å². The maximum Gasteiger partial charge on any atom is 0.295 e. The van der Waals surface area contributed by atoms with E-state index in [1.807, 2.05) is 19.0 Å². The van der Waals surface area contributed by atoms with Crippen molar-refractivity contribution < 1.29 is 33.6 Å². The Morgan fingerprint density at radius 2 is 1.68 bits per heavy atom. The SMILES string of the molecule is CCCCOc1cccc(/C(O)=C2\C(=O)C(=O)N(CCCN(C)C)C2c2cc(OC)c(OC)c(OC)c2)c1. The van der Waals surface area contributed by atoms with E-state index in [1.165, 1.54) is 26.2 Å². The van der Waals surface area contributed by atoms with Crippen LogP contribution in [-0.4, -0.2) is 81.7 Å². The number of likely N-dealkylation sites (tertiary alicyclic amines) is 1. The molecule has 0 aliphatic carbocycles. The molecule has 0 spiro atoms. The number of carbonyl (C=O) groups excluding carboxylic acids is 2. The standard InChI is InChI=1S/C29H38N2O7/c1-7-8-15-38-21-12-9-11-19(16-21)26(32)24-25(31(29(34)27(24)33)14-10-13-30(2)3)20-17-22(35-4)28(37-6)23(18-20)36-5/h9,11-12,16-18,25,32H,7-8,10,13-15H2,1-6H3/b26-24+. The molecule has 1 amide bonds. The number of carbonyl (C=O) groups is 2. The summed E-state index contributed by atoms with van der Waals surface area (Å²) in [6.45, 7) is 3.66. The third-order valence-corrected chi connectivity index (χ3v) is 6.42. The number of amides is 1. The molecule has 0 bridgehead atoms. The number of benzene rings is 2. The van der Waals surface area contributed by atoms with Crippen LogP contribution in [0.5, 0.6) is 23.0 Å². The summed E-state index contributed by atoms with van der Waals surface area (Å²) in [6.07, 6.45) is 2.53. The highest BCUT2D eigenvalue weighted by Gasteiger charge is 2.46. The molecule has 0 saturated carbocycles. The van der Waals surface area contributed by atoms with E-state index >= 15 is 0 Å². The van der Waals surface area contributed by atoms with Crippen molar-refractivity contribution in [2.24, 2.45) is 0 Å². The lowest BCUT2D eigenvalue weighted by Crippen LogP contribution is -2.32. The molecule has 1 aliphatic heterocycles. The number of rotatable bonds is 13. The van der Waals surface area contributed by atoms with Crippen molar-refractivity contribution in [3.63, 3.8) is 0 Å². The maximum atomic E-state index is 13.4. The molecule has 9 nitrogen and oxygen atoms in total. The monoisotopic (exact) mass is 526 g/mol. The predicted molar refractivity (Wildman–Crippen MR) is 145 cm³/mol. The minimum absolute atomic E-state index is 0.000154. The Hall–Kier alpha value is -3.72. The van der Waals surface area contributed by atoms with Crippen molar-refractivity contribution in [2.45, 2.75) is 32.2 Å². The van der Waals surface area contributed by atoms with Gasteiger partial charge in [-0.15, -0.1) is 0 Å². The van der Waals surface area contributed by atoms with E-state index in [-0.39, 0.29) is 11.3 Å². The summed E-state index contributed by atoms with van der Waals surface area (Å²) in [5.41, 5.74) is 0.947. The molecule has 38 heavy (non-hydrogen) atoms. The van der Waals surface area contributed by atoms with Crippen molar-refractivity contribution in [1.29, 1.82) is 0 Å². The number of ketones is 1. The fraction of sp³-hybridized carbons (Fsp3) is 0.448. The molecule has 1 fully saturated rings. The van der Waals surface area contributed by atoms with Gasteiger partial charge in [0.05, 0.1) is 39.6 Å². The first kappa shape index (κ1) is 28.8. The van der Waals surface area contributed by atoms with Gasteiger partial charge in [-0.1, -0.05) is 25.5 Å². The lowest BCUT2D eigenvalue weighted by Gasteiger charge is -2.27. The molecule has 2 aromatic rings. The van der Waals surface area contributed by atoms with Crippen LogP contribution < -0.4 is 18.9 Å². The zero-order chi connectivity index (χ0) is 27.8. The molecule has 1 saturated heterocycles. The van der Waals surface area contributed by atoms with Crippen LogP contribution in [0.1, 0.15) is 43.4 Å². The van der Waals surface area contributed by atoms with Gasteiger partial charge in [-0.2, -0.15) is 0 Å². The lowest BCUT2D eigenvalue weighted by molar-refractivity contribution is -0.139. The number of Topliss-reactive ketones (excluding diaryl/α,β-unsaturated/α-hetero) is 1. The van der Waals surface area contributed by atoms with Gasteiger partial charge in [-0.25, -0.2) is 0 Å². The van der Waals surface area contributed by atoms with Crippen LogP contribution in [0.2, 0.25) is 0 Å². The number of aliphatic hydroxyl groups excluding tert-OH is 1. The summed E-state index contributed by atoms with van der Waals surface area (Å²) in [5, 5.41) is 11.5. The van der Waals surface area contributed by atoms with Crippen LogP contribution in [-0.2, 0) is 9.59 Å². The fourth-order valence-electron chi connectivity index (χ4n) is 4.50. The second kappa shape index (κ2) is 13.2. The van der Waals surface area contributed by atoms with Gasteiger partial charge < -0.3 is 33.9 Å². The van der Waals surface area contributed by atoms with Crippen molar-refractivity contribution in [1.82, 2.24) is 9.80 Å². The number of aliphatic hydroxyl groups is 1. The zero-order valence-electron chi connectivity index (χ0n) is 23.1. The van der Waals surface area contributed by atoms with Crippen LogP contribution in [0, 0.1) is 0 Å². The molecule has 1 atom stereocenters. The summed E-state index contributed by atoms with van der Waals surface area (Å²) < 4.78 is 22.3. The average molecular weight is 527 g/mol. The average Bonchev–Trinajstić information content (AvgIpc) is 3.17. The predicted octanol–water partition coefficient (Wildman–Crippen LogP) is 4.26. The van der Waals surface area contributed by atoms with Gasteiger partial charge in [-0.3, -0.25) is 9.59 Å². The minimum Gasteiger partial charge on any atom is -0.507 e. The minimum atomic E-state index is -0.851. The van der Waals surface area contributed by atoms with Crippen molar-refractivity contribution in [2.75, 3.05) is 55.1 Å². The second-order valence-electron chi connectivity index (χ2n) is 9.34. The molecule has 1 unspecified atom stereocenters. The Morgan fingerprint density at radius 3 is 2.26 bits per heavy atom. The number of hydrogen-bond acceptors (Lipinski definition) is 8. The number of methoxy groups -OCH3 is 3. The van der Waals surface area contributed by atoms with E-state index in [4.69, 9.17) is 18.9 Å². The Balaban J connectivity index is 2.16. The van der Waals surface area contributed by atoms with Crippen LogP contribution in [0.25, 0.3) is 5.76 Å². The van der Waals surface area contributed by atoms with Crippen LogP contribution in [0.4, 0.5) is 0 Å². The molecule has 1 aliphatic rings. The molecule has 206 valence electrons. The highest BCUT2D eigenvalue weighted by Crippen LogP contribution is 2.45. The highest BCUT2D eigenvalue weighted by molar-refractivity contribution is 6.46. The van der Waals surface area contributed by atoms with Gasteiger partial charge in [0.2, 0.25) is 5.75 Å². The summed E-state index contributed by atoms with van der Waals surface area (Å²) >= 11 is 0. The lowest BCUT2D eigenvalue weighted by atomic mass is 9.94. The van der Waals surface area contributed by atoms with Gasteiger partial charge in [0.25, 0.3) is 11.7 Å². The van der Waals surface area contributed by atoms with Crippen molar-refractivity contribution in [3.05, 3.63) is 53.1 Å². The smallest absolute Gasteiger partial charge is 0.295 e. The first-order valence-electron chi connectivity index (χ1n) is 12.7. The Bertz CT molecular complexity index is 1150. The van der Waals surface area contributed by atoms with E-state index in [1.54, 1.807) is 36.4 Å². The Labute approximate surface area is 224 Å². The zero-order valence-corrected chi connectivity index (χ0v) is 23.1. The van der Waals surface area contributed by atoms with Gasteiger partial charge in [0.1, 0.15) is 11.5 Å². The fourth-order valence-corrected chi connectivity index (χ4v) is 4.50. The topological polar surface area (TPSA) is 97.8 Å². The highest BCUT2D eigenvalue weighted by atomic mass is 16.5. The number of unbranched alkanes of at least 4 members (excludes halogenated alkanes) is 1. The molecule has 1 heterocycles. The maximum absolute atomic E-state index is 13.4. The number of ether oxygens (including phenoxy) is 4. The van der Waals surface area contributed by atoms with Gasteiger partial charge in [0.15, 0.2) is 11.5 Å². The first-order chi connectivity index (χ1) is 18.3. The number of hydrogen-bond donors (Lipinski definition) is 1. The Morgan fingerprint density at radius 1 is 1.00 bits per heavy atom. The van der Waals surface area contributed by atoms with Gasteiger partial charge >= 0.3 is 0 Å². The molecule has 1 N–H and O–H groups in total. The first-order valence-corrected chi connectivity index (χ1v) is 12.7. The molecule has 0 radical (unpaired) electrons. The normalized spacial score (nSPS) is 16.7.